The number of anilines is 2. The van der Waals surface area contributed by atoms with Crippen LogP contribution in [0.15, 0.2) is 146 Å². The molecule has 0 aromatic heterocycles. The molecule has 2 heterocycles. The summed E-state index contributed by atoms with van der Waals surface area (Å²) < 4.78 is 0. The summed E-state index contributed by atoms with van der Waals surface area (Å²) in [6.07, 6.45) is 7.66. The number of fused-ring (bicyclic) bond motifs is 2. The Bertz CT molecular complexity index is 3160. The van der Waals surface area contributed by atoms with Gasteiger partial charge >= 0.3 is 0 Å². The van der Waals surface area contributed by atoms with Crippen molar-refractivity contribution in [2.24, 2.45) is 0 Å². The smallest absolute Gasteiger partial charge is 0.0372 e. The second kappa shape index (κ2) is 12.6. The molecule has 11 aromatic rings. The van der Waals surface area contributed by atoms with Crippen LogP contribution in [0.3, 0.4) is 0 Å². The van der Waals surface area contributed by atoms with Crippen molar-refractivity contribution in [2.75, 3.05) is 36.0 Å². The first-order valence-electron chi connectivity index (χ1n) is 21.6. The molecule has 2 nitrogen and oxygen atoms in total. The van der Waals surface area contributed by atoms with Gasteiger partial charge in [-0.25, -0.2) is 0 Å². The van der Waals surface area contributed by atoms with Crippen LogP contribution < -0.4 is 9.80 Å². The van der Waals surface area contributed by atoms with Gasteiger partial charge in [-0.3, -0.25) is 0 Å². The van der Waals surface area contributed by atoms with Gasteiger partial charge in [-0.1, -0.05) is 121 Å². The quantitative estimate of drug-likeness (QED) is 0.131. The normalized spacial score (nSPS) is 15.5. The van der Waals surface area contributed by atoms with E-state index in [1.165, 1.54) is 158 Å². The third kappa shape index (κ3) is 4.72. The second-order valence-electron chi connectivity index (χ2n) is 17.2. The number of benzene rings is 11. The molecule has 13 rings (SSSR count). The summed E-state index contributed by atoms with van der Waals surface area (Å²) in [6, 6.07) is 56.8. The van der Waals surface area contributed by atoms with Gasteiger partial charge in [0.05, 0.1) is 0 Å². The number of hydrogen-bond donors (Lipinski definition) is 0. The summed E-state index contributed by atoms with van der Waals surface area (Å²) in [5, 5.41) is 21.4. The molecule has 2 fully saturated rings. The van der Waals surface area contributed by atoms with Crippen molar-refractivity contribution in [3.05, 3.63) is 146 Å². The highest BCUT2D eigenvalue weighted by atomic mass is 15.1. The fraction of sp³-hybridized carbons (Fsp3) is 0.179. The molecule has 0 N–H and O–H groups in total. The minimum Gasteiger partial charge on any atom is -0.372 e. The number of rotatable bonds is 4. The summed E-state index contributed by atoms with van der Waals surface area (Å²) in [5.74, 6) is 0. The molecule has 0 amide bonds. The summed E-state index contributed by atoms with van der Waals surface area (Å²) >= 11 is 0. The van der Waals surface area contributed by atoms with Crippen molar-refractivity contribution in [1.29, 1.82) is 0 Å². The minimum atomic E-state index is 1.12. The zero-order valence-corrected chi connectivity index (χ0v) is 32.8. The molecule has 0 unspecified atom stereocenters. The number of nitrogens with zero attached hydrogens (tertiary/aromatic N) is 2. The molecule has 2 aliphatic rings. The SMILES string of the molecule is c1cc2ccc3ccc(-c4c5ccc(N6CCCCC6)cc5c(-c5ccc6ccc7cccc8ccc5c6c78)c5ccc(N6CCCCC6)cc45)c4ccc(c1)c2c34. The summed E-state index contributed by atoms with van der Waals surface area (Å²) in [5.41, 5.74) is 8.05. The Labute approximate surface area is 338 Å². The lowest BCUT2D eigenvalue weighted by Crippen LogP contribution is -2.29. The van der Waals surface area contributed by atoms with E-state index in [9.17, 15) is 0 Å². The van der Waals surface area contributed by atoms with Crippen LogP contribution in [0.4, 0.5) is 11.4 Å². The van der Waals surface area contributed by atoms with E-state index in [1.54, 1.807) is 0 Å². The Morgan fingerprint density at radius 3 is 1.03 bits per heavy atom. The first-order chi connectivity index (χ1) is 28.8. The molecule has 2 saturated heterocycles. The van der Waals surface area contributed by atoms with E-state index in [4.69, 9.17) is 0 Å². The van der Waals surface area contributed by atoms with Crippen molar-refractivity contribution in [3.8, 4) is 22.3 Å². The Balaban J connectivity index is 1.19. The summed E-state index contributed by atoms with van der Waals surface area (Å²) in [4.78, 5) is 5.27. The number of hydrogen-bond acceptors (Lipinski definition) is 2. The second-order valence-corrected chi connectivity index (χ2v) is 17.2. The predicted molar refractivity (Wildman–Crippen MR) is 252 cm³/mol. The van der Waals surface area contributed by atoms with Gasteiger partial charge in [-0.15, -0.1) is 0 Å². The Morgan fingerprint density at radius 1 is 0.276 bits per heavy atom. The summed E-state index contributed by atoms with van der Waals surface area (Å²) in [7, 11) is 0. The van der Waals surface area contributed by atoms with Gasteiger partial charge in [0.25, 0.3) is 0 Å². The molecule has 0 bridgehead atoms. The van der Waals surface area contributed by atoms with Crippen LogP contribution in [0.25, 0.3) is 108 Å². The van der Waals surface area contributed by atoms with Crippen molar-refractivity contribution in [2.45, 2.75) is 38.5 Å². The maximum atomic E-state index is 2.64. The van der Waals surface area contributed by atoms with Crippen molar-refractivity contribution >= 4 is 97.6 Å². The fourth-order valence-electron chi connectivity index (χ4n) is 11.4. The highest BCUT2D eigenvalue weighted by Gasteiger charge is 2.24. The van der Waals surface area contributed by atoms with E-state index in [1.807, 2.05) is 0 Å². The molecular weight excluding hydrogens is 701 g/mol. The fourth-order valence-corrected chi connectivity index (χ4v) is 11.4. The van der Waals surface area contributed by atoms with Crippen LogP contribution in [0, 0.1) is 0 Å². The van der Waals surface area contributed by atoms with E-state index in [0.29, 0.717) is 0 Å². The van der Waals surface area contributed by atoms with Gasteiger partial charge in [-0.2, -0.15) is 0 Å². The van der Waals surface area contributed by atoms with Crippen molar-refractivity contribution in [1.82, 2.24) is 0 Å². The van der Waals surface area contributed by atoms with Crippen LogP contribution in [0.1, 0.15) is 38.5 Å². The molecule has 0 saturated carbocycles. The third-order valence-corrected chi connectivity index (χ3v) is 14.1. The Kier molecular flexibility index (Phi) is 7.08. The lowest BCUT2D eigenvalue weighted by Gasteiger charge is -2.31. The molecule has 278 valence electrons. The molecule has 11 aromatic carbocycles. The third-order valence-electron chi connectivity index (χ3n) is 14.1. The van der Waals surface area contributed by atoms with Crippen LogP contribution in [-0.4, -0.2) is 26.2 Å². The molecule has 0 radical (unpaired) electrons. The van der Waals surface area contributed by atoms with Crippen molar-refractivity contribution in [3.63, 3.8) is 0 Å². The lowest BCUT2D eigenvalue weighted by molar-refractivity contribution is 0.578. The monoisotopic (exact) mass is 744 g/mol. The van der Waals surface area contributed by atoms with E-state index in [0.717, 1.165) is 26.2 Å². The zero-order chi connectivity index (χ0) is 37.9. The Morgan fingerprint density at radius 2 is 0.621 bits per heavy atom. The maximum Gasteiger partial charge on any atom is 0.0372 e. The molecule has 0 aliphatic carbocycles. The van der Waals surface area contributed by atoms with Crippen LogP contribution in [0.5, 0.6) is 0 Å². The van der Waals surface area contributed by atoms with E-state index in [-0.39, 0.29) is 0 Å². The first-order valence-corrected chi connectivity index (χ1v) is 21.6. The summed E-state index contributed by atoms with van der Waals surface area (Å²) in [6.45, 7) is 4.48. The number of piperidine rings is 2. The highest BCUT2D eigenvalue weighted by Crippen LogP contribution is 2.51. The topological polar surface area (TPSA) is 6.48 Å². The maximum absolute atomic E-state index is 2.64. The Hall–Kier alpha value is -6.38. The molecule has 58 heavy (non-hydrogen) atoms. The molecule has 2 heteroatoms. The van der Waals surface area contributed by atoms with E-state index >= 15 is 0 Å². The average Bonchev–Trinajstić information content (AvgIpc) is 3.29. The lowest BCUT2D eigenvalue weighted by atomic mass is 9.81. The van der Waals surface area contributed by atoms with Crippen LogP contribution in [-0.2, 0) is 0 Å². The molecule has 0 spiro atoms. The molecule has 0 atom stereocenters. The molecule has 2 aliphatic heterocycles. The van der Waals surface area contributed by atoms with Gasteiger partial charge in [0, 0.05) is 37.6 Å². The van der Waals surface area contributed by atoms with Gasteiger partial charge in [0.1, 0.15) is 0 Å². The highest BCUT2D eigenvalue weighted by molar-refractivity contribution is 6.32. The average molecular weight is 745 g/mol. The predicted octanol–water partition coefficient (Wildman–Crippen LogP) is 15.1. The molecular formula is C56H44N2. The van der Waals surface area contributed by atoms with Gasteiger partial charge in [-0.05, 0) is 171 Å². The van der Waals surface area contributed by atoms with Gasteiger partial charge in [0.2, 0.25) is 0 Å². The first kappa shape index (κ1) is 32.7. The van der Waals surface area contributed by atoms with Gasteiger partial charge in [0.15, 0.2) is 0 Å². The zero-order valence-electron chi connectivity index (χ0n) is 32.8. The van der Waals surface area contributed by atoms with E-state index < -0.39 is 0 Å². The van der Waals surface area contributed by atoms with E-state index in [2.05, 4.69) is 155 Å². The standard InChI is InChI=1S/C56H44N2/c1-3-29-57(30-4-1)41-21-27-47-49(33-41)55(45-25-19-39-15-13-35-9-7-11-37-17-23-43(45)53(39)51(35)37)48-28-22-42(58-31-5-2-6-32-58)34-50(48)56(47)46-26-20-40-16-14-36-10-8-12-38-18-24-44(46)54(40)52(36)38/h7-28,33-34H,1-6,29-32H2. The largest absolute Gasteiger partial charge is 0.372 e. The van der Waals surface area contributed by atoms with Gasteiger partial charge < -0.3 is 9.80 Å². The van der Waals surface area contributed by atoms with Crippen molar-refractivity contribution < 1.29 is 0 Å². The van der Waals surface area contributed by atoms with Crippen LogP contribution in [0.2, 0.25) is 0 Å². The van der Waals surface area contributed by atoms with Crippen LogP contribution >= 0.6 is 0 Å². The minimum absolute atomic E-state index is 1.12.